The van der Waals surface area contributed by atoms with Gasteiger partial charge in [-0.1, -0.05) is 30.3 Å². The Bertz CT molecular complexity index is 1420. The maximum atomic E-state index is 15.1. The molecule has 0 radical (unpaired) electrons. The molecular formula is C36H45FN4O3. The first kappa shape index (κ1) is 30.6. The lowest BCUT2D eigenvalue weighted by Gasteiger charge is -2.43. The van der Waals surface area contributed by atoms with E-state index >= 15 is 4.39 Å². The van der Waals surface area contributed by atoms with Crippen molar-refractivity contribution in [2.24, 2.45) is 5.92 Å². The maximum absolute atomic E-state index is 15.1. The largest absolute Gasteiger partial charge is 0.382 e. The third-order valence-electron chi connectivity index (χ3n) is 9.62. The summed E-state index contributed by atoms with van der Waals surface area (Å²) < 4.78 is 20.6. The smallest absolute Gasteiger partial charge is 0.229 e. The number of carbonyl (C=O) groups is 1. The SMILES string of the molecule is Cc1ccc(NC(=O)[C@H]2CCCN(C(O)c3c(C)cccc3F)[C@H]2c2ccc(NC3CCOCC3)cc2)cc1N1CCCC1. The normalized spacial score (nSPS) is 22.1. The van der Waals surface area contributed by atoms with Crippen LogP contribution >= 0.6 is 0 Å². The molecule has 3 heterocycles. The molecule has 3 aliphatic rings. The van der Waals surface area contributed by atoms with E-state index in [2.05, 4.69) is 46.7 Å². The topological polar surface area (TPSA) is 77.1 Å². The Morgan fingerprint density at radius 2 is 1.64 bits per heavy atom. The zero-order chi connectivity index (χ0) is 30.6. The van der Waals surface area contributed by atoms with E-state index in [0.29, 0.717) is 24.6 Å². The Morgan fingerprint density at radius 3 is 2.36 bits per heavy atom. The van der Waals surface area contributed by atoms with Crippen molar-refractivity contribution in [3.05, 3.63) is 88.7 Å². The fourth-order valence-electron chi connectivity index (χ4n) is 7.21. The van der Waals surface area contributed by atoms with Crippen LogP contribution in [0.5, 0.6) is 0 Å². The van der Waals surface area contributed by atoms with Crippen molar-refractivity contribution in [3.63, 3.8) is 0 Å². The summed E-state index contributed by atoms with van der Waals surface area (Å²) in [5.74, 6) is -0.956. The number of hydrogen-bond acceptors (Lipinski definition) is 6. The molecule has 0 aliphatic carbocycles. The molecule has 1 unspecified atom stereocenters. The number of piperidine rings is 1. The van der Waals surface area contributed by atoms with E-state index in [9.17, 15) is 9.90 Å². The highest BCUT2D eigenvalue weighted by atomic mass is 19.1. The number of amides is 1. The van der Waals surface area contributed by atoms with Gasteiger partial charge in [0.15, 0.2) is 0 Å². The van der Waals surface area contributed by atoms with E-state index in [4.69, 9.17) is 4.74 Å². The summed E-state index contributed by atoms with van der Waals surface area (Å²) in [6, 6.07) is 19.1. The van der Waals surface area contributed by atoms with Crippen LogP contribution < -0.4 is 15.5 Å². The number of ether oxygens (including phenoxy) is 1. The Morgan fingerprint density at radius 1 is 0.909 bits per heavy atom. The number of carbonyl (C=O) groups excluding carboxylic acids is 1. The van der Waals surface area contributed by atoms with Gasteiger partial charge in [-0.2, -0.15) is 0 Å². The van der Waals surface area contributed by atoms with Crippen molar-refractivity contribution in [3.8, 4) is 0 Å². The number of anilines is 3. The van der Waals surface area contributed by atoms with E-state index in [0.717, 1.165) is 62.5 Å². The minimum atomic E-state index is -1.18. The molecule has 234 valence electrons. The van der Waals surface area contributed by atoms with Crippen LogP contribution in [0.25, 0.3) is 0 Å². The monoisotopic (exact) mass is 600 g/mol. The Balaban J connectivity index is 1.29. The summed E-state index contributed by atoms with van der Waals surface area (Å²) in [6.07, 6.45) is 4.50. The van der Waals surface area contributed by atoms with Gasteiger partial charge in [-0.3, -0.25) is 9.69 Å². The number of benzene rings is 3. The van der Waals surface area contributed by atoms with Crippen LogP contribution in [0.3, 0.4) is 0 Å². The molecule has 3 fully saturated rings. The van der Waals surface area contributed by atoms with Gasteiger partial charge in [0.25, 0.3) is 0 Å². The van der Waals surface area contributed by atoms with Crippen LogP contribution in [0.15, 0.2) is 60.7 Å². The number of likely N-dealkylation sites (tertiary alicyclic amines) is 1. The average Bonchev–Trinajstić information content (AvgIpc) is 3.57. The number of aryl methyl sites for hydroxylation is 2. The molecule has 3 aromatic rings. The second-order valence-electron chi connectivity index (χ2n) is 12.6. The summed E-state index contributed by atoms with van der Waals surface area (Å²) in [5.41, 5.74) is 6.04. The minimum absolute atomic E-state index is 0.0854. The Hall–Kier alpha value is -3.46. The number of halogens is 1. The van der Waals surface area contributed by atoms with Crippen molar-refractivity contribution in [1.82, 2.24) is 4.90 Å². The molecule has 0 spiro atoms. The average molecular weight is 601 g/mol. The molecule has 3 saturated heterocycles. The zero-order valence-corrected chi connectivity index (χ0v) is 25.9. The number of hydrogen-bond donors (Lipinski definition) is 3. The fourth-order valence-corrected chi connectivity index (χ4v) is 7.21. The molecule has 6 rings (SSSR count). The Kier molecular flexibility index (Phi) is 9.50. The standard InChI is InChI=1S/C36H45FN4O3/c1-24-10-13-29(23-32(24)40-18-3-4-19-40)39-35(42)30-8-6-20-41(36(43)33-25(2)7-5-9-31(33)37)34(30)26-11-14-27(15-12-26)38-28-16-21-44-22-17-28/h5,7,9-15,23,28,30,34,36,38,43H,3-4,6,8,16-22H2,1-2H3,(H,39,42)/t30-,34-,36?/m0/s1. The maximum Gasteiger partial charge on any atom is 0.229 e. The summed E-state index contributed by atoms with van der Waals surface area (Å²) in [7, 11) is 0. The van der Waals surface area contributed by atoms with Crippen molar-refractivity contribution < 1.29 is 19.0 Å². The third kappa shape index (κ3) is 6.63. The van der Waals surface area contributed by atoms with Crippen LogP contribution in [0.2, 0.25) is 0 Å². The predicted octanol–water partition coefficient (Wildman–Crippen LogP) is 6.72. The molecule has 1 amide bonds. The molecule has 3 N–H and O–H groups in total. The zero-order valence-electron chi connectivity index (χ0n) is 25.9. The predicted molar refractivity (Wildman–Crippen MR) is 173 cm³/mol. The molecule has 0 aromatic heterocycles. The number of aliphatic hydroxyl groups excluding tert-OH is 1. The van der Waals surface area contributed by atoms with Crippen LogP contribution in [0, 0.1) is 25.6 Å². The lowest BCUT2D eigenvalue weighted by Crippen LogP contribution is -2.45. The van der Waals surface area contributed by atoms with Gasteiger partial charge in [-0.05, 0) is 99.4 Å². The summed E-state index contributed by atoms with van der Waals surface area (Å²) in [4.78, 5) is 18.4. The lowest BCUT2D eigenvalue weighted by atomic mass is 9.83. The second kappa shape index (κ2) is 13.7. The van der Waals surface area contributed by atoms with E-state index < -0.39 is 24.0 Å². The quantitative estimate of drug-likeness (QED) is 0.267. The molecule has 0 saturated carbocycles. The highest BCUT2D eigenvalue weighted by Crippen LogP contribution is 2.42. The number of rotatable bonds is 8. The van der Waals surface area contributed by atoms with E-state index in [-0.39, 0.29) is 11.5 Å². The van der Waals surface area contributed by atoms with Crippen LogP contribution in [0.4, 0.5) is 21.5 Å². The van der Waals surface area contributed by atoms with E-state index in [1.54, 1.807) is 6.07 Å². The van der Waals surface area contributed by atoms with Crippen molar-refractivity contribution >= 4 is 23.0 Å². The lowest BCUT2D eigenvalue weighted by molar-refractivity contribution is -0.128. The summed E-state index contributed by atoms with van der Waals surface area (Å²) >= 11 is 0. The highest BCUT2D eigenvalue weighted by molar-refractivity contribution is 5.94. The molecule has 3 atom stereocenters. The first-order chi connectivity index (χ1) is 21.4. The van der Waals surface area contributed by atoms with Gasteiger partial charge in [-0.25, -0.2) is 4.39 Å². The van der Waals surface area contributed by atoms with Gasteiger partial charge >= 0.3 is 0 Å². The van der Waals surface area contributed by atoms with Gasteiger partial charge in [0.2, 0.25) is 5.91 Å². The first-order valence-corrected chi connectivity index (χ1v) is 16.2. The molecular weight excluding hydrogens is 555 g/mol. The Labute approximate surface area is 260 Å². The molecule has 8 heteroatoms. The van der Waals surface area contributed by atoms with Gasteiger partial charge in [0.05, 0.1) is 5.92 Å². The summed E-state index contributed by atoms with van der Waals surface area (Å²) in [6.45, 7) is 8.07. The van der Waals surface area contributed by atoms with Gasteiger partial charge < -0.3 is 25.4 Å². The molecule has 3 aromatic carbocycles. The van der Waals surface area contributed by atoms with Crippen molar-refractivity contribution in [2.75, 3.05) is 48.4 Å². The van der Waals surface area contributed by atoms with Gasteiger partial charge in [-0.15, -0.1) is 0 Å². The van der Waals surface area contributed by atoms with Crippen molar-refractivity contribution in [2.45, 2.75) is 70.7 Å². The molecule has 7 nitrogen and oxygen atoms in total. The number of nitrogens with zero attached hydrogens (tertiary/aromatic N) is 2. The molecule has 44 heavy (non-hydrogen) atoms. The van der Waals surface area contributed by atoms with E-state index in [1.807, 2.05) is 36.1 Å². The summed E-state index contributed by atoms with van der Waals surface area (Å²) in [5, 5.41) is 18.5. The fraction of sp³-hybridized carbons (Fsp3) is 0.472. The van der Waals surface area contributed by atoms with Crippen LogP contribution in [0.1, 0.15) is 73.0 Å². The van der Waals surface area contributed by atoms with Gasteiger partial charge in [0.1, 0.15) is 12.0 Å². The van der Waals surface area contributed by atoms with Crippen LogP contribution in [-0.2, 0) is 9.53 Å². The molecule has 0 bridgehead atoms. The van der Waals surface area contributed by atoms with E-state index in [1.165, 1.54) is 30.2 Å². The number of aliphatic hydroxyl groups is 1. The van der Waals surface area contributed by atoms with Gasteiger partial charge in [0, 0.05) is 67.6 Å². The number of nitrogens with one attached hydrogen (secondary N) is 2. The van der Waals surface area contributed by atoms with Crippen molar-refractivity contribution in [1.29, 1.82) is 0 Å². The van der Waals surface area contributed by atoms with Crippen LogP contribution in [-0.4, -0.2) is 54.8 Å². The first-order valence-electron chi connectivity index (χ1n) is 16.2. The second-order valence-corrected chi connectivity index (χ2v) is 12.6. The minimum Gasteiger partial charge on any atom is -0.382 e. The molecule has 3 aliphatic heterocycles. The third-order valence-corrected chi connectivity index (χ3v) is 9.62. The highest BCUT2D eigenvalue weighted by Gasteiger charge is 2.41.